The zero-order chi connectivity index (χ0) is 14.3. The van der Waals surface area contributed by atoms with E-state index in [0.29, 0.717) is 18.4 Å². The van der Waals surface area contributed by atoms with Gasteiger partial charge in [0.05, 0.1) is 11.1 Å². The summed E-state index contributed by atoms with van der Waals surface area (Å²) in [6, 6.07) is 0. The average Bonchev–Trinajstić information content (AvgIpc) is 2.32. The van der Waals surface area contributed by atoms with Gasteiger partial charge in [-0.25, -0.2) is 9.59 Å². The highest BCUT2D eigenvalue weighted by Gasteiger charge is 2.24. The first-order chi connectivity index (χ1) is 8.40. The highest BCUT2D eigenvalue weighted by atomic mass is 16.4. The Morgan fingerprint density at radius 1 is 1.11 bits per heavy atom. The van der Waals surface area contributed by atoms with Gasteiger partial charge in [-0.1, -0.05) is 39.3 Å². The molecule has 0 aliphatic heterocycles. The van der Waals surface area contributed by atoms with E-state index in [-0.39, 0.29) is 17.1 Å². The van der Waals surface area contributed by atoms with Crippen molar-refractivity contribution in [1.82, 2.24) is 0 Å². The minimum absolute atomic E-state index is 0.0406. The molecule has 1 unspecified atom stereocenters. The van der Waals surface area contributed by atoms with Gasteiger partial charge in [0.2, 0.25) is 0 Å². The lowest BCUT2D eigenvalue weighted by Crippen LogP contribution is -2.16. The molecule has 0 saturated carbocycles. The third-order valence-electron chi connectivity index (χ3n) is 3.03. The Bertz CT molecular complexity index is 377. The Kier molecular flexibility index (Phi) is 7.01. The number of allylic oxidation sites excluding steroid dienone is 2. The highest BCUT2D eigenvalue weighted by molar-refractivity contribution is 6.06. The van der Waals surface area contributed by atoms with Gasteiger partial charge in [-0.2, -0.15) is 0 Å². The lowest BCUT2D eigenvalue weighted by molar-refractivity contribution is -0.136. The number of carboxylic acid groups (broad SMARTS) is 2. The molecule has 0 spiro atoms. The molecule has 4 heteroatoms. The molecular formula is C14H22O4. The van der Waals surface area contributed by atoms with E-state index in [1.165, 1.54) is 6.08 Å². The second kappa shape index (κ2) is 7.69. The largest absolute Gasteiger partial charge is 0.478 e. The molecule has 0 aliphatic rings. The molecule has 0 aromatic heterocycles. The summed E-state index contributed by atoms with van der Waals surface area (Å²) in [6.07, 6.45) is 3.30. The quantitative estimate of drug-likeness (QED) is 0.540. The number of rotatable bonds is 7. The first-order valence-electron chi connectivity index (χ1n) is 6.30. The smallest absolute Gasteiger partial charge is 0.336 e. The van der Waals surface area contributed by atoms with E-state index in [9.17, 15) is 14.7 Å². The van der Waals surface area contributed by atoms with Crippen LogP contribution in [0.4, 0.5) is 0 Å². The van der Waals surface area contributed by atoms with E-state index in [4.69, 9.17) is 5.11 Å². The zero-order valence-corrected chi connectivity index (χ0v) is 11.5. The van der Waals surface area contributed by atoms with Crippen molar-refractivity contribution in [2.24, 2.45) is 5.92 Å². The van der Waals surface area contributed by atoms with Crippen molar-refractivity contribution in [3.63, 3.8) is 0 Å². The minimum Gasteiger partial charge on any atom is -0.478 e. The van der Waals surface area contributed by atoms with Crippen molar-refractivity contribution in [2.75, 3.05) is 0 Å². The summed E-state index contributed by atoms with van der Waals surface area (Å²) < 4.78 is 0. The normalized spacial score (nSPS) is 15.0. The Balaban J connectivity index is 5.94. The molecule has 0 bridgehead atoms. The summed E-state index contributed by atoms with van der Waals surface area (Å²) in [5.74, 6) is -2.27. The van der Waals surface area contributed by atoms with Crippen molar-refractivity contribution in [3.8, 4) is 0 Å². The molecule has 0 heterocycles. The molecule has 2 N–H and O–H groups in total. The van der Waals surface area contributed by atoms with Crippen LogP contribution in [0.3, 0.4) is 0 Å². The Hall–Kier alpha value is -1.58. The van der Waals surface area contributed by atoms with Gasteiger partial charge in [0, 0.05) is 0 Å². The summed E-state index contributed by atoms with van der Waals surface area (Å²) in [5, 5.41) is 18.5. The van der Waals surface area contributed by atoms with Gasteiger partial charge in [-0.05, 0) is 25.2 Å². The highest BCUT2D eigenvalue weighted by Crippen LogP contribution is 2.27. The van der Waals surface area contributed by atoms with Crippen molar-refractivity contribution in [3.05, 3.63) is 22.8 Å². The van der Waals surface area contributed by atoms with Crippen LogP contribution in [0.5, 0.6) is 0 Å². The van der Waals surface area contributed by atoms with Crippen LogP contribution in [-0.4, -0.2) is 22.2 Å². The number of carbonyl (C=O) groups is 2. The van der Waals surface area contributed by atoms with Gasteiger partial charge < -0.3 is 10.2 Å². The third kappa shape index (κ3) is 4.02. The van der Waals surface area contributed by atoms with Gasteiger partial charge in [-0.3, -0.25) is 0 Å². The molecule has 0 aromatic carbocycles. The standard InChI is InChI=1S/C14H22O4/c1-5-8-11(13(15)16)12(14(17)18)10(7-3)9(4)6-2/h8-9H,5-7H2,1-4H3,(H,15,16)(H,17,18). The van der Waals surface area contributed by atoms with Gasteiger partial charge >= 0.3 is 11.9 Å². The van der Waals surface area contributed by atoms with Crippen molar-refractivity contribution in [2.45, 2.75) is 47.0 Å². The van der Waals surface area contributed by atoms with Crippen LogP contribution < -0.4 is 0 Å². The van der Waals surface area contributed by atoms with Crippen LogP contribution in [0, 0.1) is 5.92 Å². The molecule has 0 fully saturated rings. The van der Waals surface area contributed by atoms with E-state index in [1.54, 1.807) is 6.92 Å². The maximum atomic E-state index is 11.4. The van der Waals surface area contributed by atoms with Crippen LogP contribution >= 0.6 is 0 Å². The fraction of sp³-hybridized carbons (Fsp3) is 0.571. The van der Waals surface area contributed by atoms with Crippen molar-refractivity contribution in [1.29, 1.82) is 0 Å². The van der Waals surface area contributed by atoms with E-state index in [1.807, 2.05) is 20.8 Å². The van der Waals surface area contributed by atoms with Crippen LogP contribution in [0.25, 0.3) is 0 Å². The molecule has 0 aromatic rings. The average molecular weight is 254 g/mol. The lowest BCUT2D eigenvalue weighted by atomic mass is 9.88. The fourth-order valence-electron chi connectivity index (χ4n) is 1.94. The number of aliphatic carboxylic acids is 2. The second-order valence-electron chi connectivity index (χ2n) is 4.20. The van der Waals surface area contributed by atoms with Crippen LogP contribution in [0.15, 0.2) is 22.8 Å². The van der Waals surface area contributed by atoms with Crippen molar-refractivity contribution >= 4 is 11.9 Å². The lowest BCUT2D eigenvalue weighted by Gasteiger charge is -2.17. The first kappa shape index (κ1) is 16.4. The Morgan fingerprint density at radius 2 is 1.67 bits per heavy atom. The molecule has 102 valence electrons. The van der Waals surface area contributed by atoms with Gasteiger partial charge in [0.15, 0.2) is 0 Å². The Labute approximate surface area is 108 Å². The van der Waals surface area contributed by atoms with Gasteiger partial charge in [0.1, 0.15) is 0 Å². The number of hydrogen-bond acceptors (Lipinski definition) is 2. The predicted octanol–water partition coefficient (Wildman–Crippen LogP) is 3.24. The molecule has 0 amide bonds. The number of carboxylic acids is 2. The summed E-state index contributed by atoms with van der Waals surface area (Å²) in [4.78, 5) is 22.6. The molecule has 4 nitrogen and oxygen atoms in total. The monoisotopic (exact) mass is 254 g/mol. The fourth-order valence-corrected chi connectivity index (χ4v) is 1.94. The van der Waals surface area contributed by atoms with E-state index in [2.05, 4.69) is 0 Å². The van der Waals surface area contributed by atoms with Crippen LogP contribution in [-0.2, 0) is 9.59 Å². The number of hydrogen-bond donors (Lipinski definition) is 2. The third-order valence-corrected chi connectivity index (χ3v) is 3.03. The van der Waals surface area contributed by atoms with Crippen molar-refractivity contribution < 1.29 is 19.8 Å². The SMILES string of the molecule is CCC=C(C(=O)O)C(C(=O)O)=C(CC)C(C)CC. The first-order valence-corrected chi connectivity index (χ1v) is 6.30. The predicted molar refractivity (Wildman–Crippen MR) is 70.4 cm³/mol. The second-order valence-corrected chi connectivity index (χ2v) is 4.20. The van der Waals surface area contributed by atoms with Gasteiger partial charge in [0.25, 0.3) is 0 Å². The van der Waals surface area contributed by atoms with Gasteiger partial charge in [-0.15, -0.1) is 0 Å². The summed E-state index contributed by atoms with van der Waals surface area (Å²) >= 11 is 0. The van der Waals surface area contributed by atoms with E-state index < -0.39 is 11.9 Å². The molecule has 0 radical (unpaired) electrons. The molecule has 0 saturated heterocycles. The van der Waals surface area contributed by atoms with Crippen LogP contribution in [0.2, 0.25) is 0 Å². The maximum Gasteiger partial charge on any atom is 0.336 e. The molecular weight excluding hydrogens is 232 g/mol. The summed E-state index contributed by atoms with van der Waals surface area (Å²) in [6.45, 7) is 7.53. The molecule has 1 atom stereocenters. The zero-order valence-electron chi connectivity index (χ0n) is 11.5. The topological polar surface area (TPSA) is 74.6 Å². The van der Waals surface area contributed by atoms with E-state index >= 15 is 0 Å². The molecule has 18 heavy (non-hydrogen) atoms. The summed E-state index contributed by atoms with van der Waals surface area (Å²) in [7, 11) is 0. The molecule has 0 rings (SSSR count). The summed E-state index contributed by atoms with van der Waals surface area (Å²) in [5.41, 5.74) is 0.565. The Morgan fingerprint density at radius 3 is 1.94 bits per heavy atom. The van der Waals surface area contributed by atoms with Crippen LogP contribution in [0.1, 0.15) is 47.0 Å². The minimum atomic E-state index is -1.18. The van der Waals surface area contributed by atoms with E-state index in [0.717, 1.165) is 6.42 Å². The maximum absolute atomic E-state index is 11.4. The molecule has 0 aliphatic carbocycles.